The average molecular weight is 326 g/mol. The van der Waals surface area contributed by atoms with Gasteiger partial charge in [0, 0.05) is 34.5 Å². The topological polar surface area (TPSA) is 37.8 Å². The third-order valence-electron chi connectivity index (χ3n) is 2.66. The molecule has 2 aromatic heterocycles. The van der Waals surface area contributed by atoms with E-state index in [-0.39, 0.29) is 6.04 Å². The van der Waals surface area contributed by atoms with Gasteiger partial charge in [-0.15, -0.1) is 11.3 Å². The largest absolute Gasteiger partial charge is 0.304 e. The second-order valence-corrected chi connectivity index (χ2v) is 6.19. The van der Waals surface area contributed by atoms with Crippen molar-refractivity contribution in [3.63, 3.8) is 0 Å². The first-order valence-corrected chi connectivity index (χ1v) is 7.57. The van der Waals surface area contributed by atoms with Gasteiger partial charge in [0.25, 0.3) is 0 Å². The number of rotatable bonds is 5. The molecule has 0 aromatic carbocycles. The van der Waals surface area contributed by atoms with Gasteiger partial charge in [0.15, 0.2) is 0 Å². The van der Waals surface area contributed by atoms with E-state index < -0.39 is 0 Å². The number of pyridine rings is 1. The Bertz CT molecular complexity index is 512. The minimum atomic E-state index is 0.272. The molecule has 0 saturated carbocycles. The number of nitrogens with zero attached hydrogens (tertiary/aromatic N) is 2. The second kappa shape index (κ2) is 6.41. The second-order valence-electron chi connectivity index (χ2n) is 4.13. The first-order valence-electron chi connectivity index (χ1n) is 5.96. The molecule has 3 nitrogen and oxygen atoms in total. The Labute approximate surface area is 120 Å². The number of thiazole rings is 1. The van der Waals surface area contributed by atoms with Crippen LogP contribution in [0.4, 0.5) is 0 Å². The summed E-state index contributed by atoms with van der Waals surface area (Å²) in [5, 5.41) is 4.61. The third-order valence-corrected chi connectivity index (χ3v) is 4.42. The highest BCUT2D eigenvalue weighted by atomic mass is 79.9. The summed E-state index contributed by atoms with van der Waals surface area (Å²) < 4.78 is 1.01. The minimum Gasteiger partial charge on any atom is -0.304 e. The summed E-state index contributed by atoms with van der Waals surface area (Å²) in [6.45, 7) is 5.10. The molecule has 2 aromatic rings. The van der Waals surface area contributed by atoms with Crippen molar-refractivity contribution in [2.45, 2.75) is 32.9 Å². The van der Waals surface area contributed by atoms with Crippen LogP contribution in [0.1, 0.15) is 35.3 Å². The van der Waals surface area contributed by atoms with Gasteiger partial charge in [-0.2, -0.15) is 0 Å². The molecular weight excluding hydrogens is 310 g/mol. The molecule has 0 saturated heterocycles. The van der Waals surface area contributed by atoms with Crippen molar-refractivity contribution in [3.05, 3.63) is 44.6 Å². The smallest absolute Gasteiger partial charge is 0.109 e. The van der Waals surface area contributed by atoms with E-state index in [0.29, 0.717) is 0 Å². The monoisotopic (exact) mass is 325 g/mol. The van der Waals surface area contributed by atoms with Crippen molar-refractivity contribution in [1.82, 2.24) is 15.3 Å². The zero-order chi connectivity index (χ0) is 13.0. The standard InChI is InChI=1S/C13H16BrN3S/c1-3-12-8-17-13(18-12)9(2)16-6-10-4-11(14)7-15-5-10/h4-5,7-9,16H,3,6H2,1-2H3. The summed E-state index contributed by atoms with van der Waals surface area (Å²) in [6.07, 6.45) is 6.70. The van der Waals surface area contributed by atoms with Gasteiger partial charge in [-0.05, 0) is 40.9 Å². The Kier molecular flexibility index (Phi) is 4.86. The highest BCUT2D eigenvalue weighted by Crippen LogP contribution is 2.20. The molecule has 5 heteroatoms. The van der Waals surface area contributed by atoms with Crippen molar-refractivity contribution >= 4 is 27.3 Å². The zero-order valence-electron chi connectivity index (χ0n) is 10.5. The van der Waals surface area contributed by atoms with Crippen LogP contribution in [-0.2, 0) is 13.0 Å². The van der Waals surface area contributed by atoms with Crippen molar-refractivity contribution in [2.24, 2.45) is 0 Å². The molecular formula is C13H16BrN3S. The number of aromatic nitrogens is 2. The van der Waals surface area contributed by atoms with Crippen LogP contribution >= 0.6 is 27.3 Å². The van der Waals surface area contributed by atoms with Crippen molar-refractivity contribution in [1.29, 1.82) is 0 Å². The minimum absolute atomic E-state index is 0.272. The summed E-state index contributed by atoms with van der Waals surface area (Å²) in [7, 11) is 0. The van der Waals surface area contributed by atoms with Crippen LogP contribution in [-0.4, -0.2) is 9.97 Å². The van der Waals surface area contributed by atoms with E-state index in [4.69, 9.17) is 0 Å². The molecule has 0 aliphatic rings. The molecule has 96 valence electrons. The molecule has 0 bridgehead atoms. The third kappa shape index (κ3) is 3.60. The first kappa shape index (κ1) is 13.6. The molecule has 0 radical (unpaired) electrons. The van der Waals surface area contributed by atoms with Gasteiger partial charge in [-0.3, -0.25) is 4.98 Å². The van der Waals surface area contributed by atoms with E-state index in [1.54, 1.807) is 17.5 Å². The lowest BCUT2D eigenvalue weighted by molar-refractivity contribution is 0.571. The van der Waals surface area contributed by atoms with Gasteiger partial charge in [-0.25, -0.2) is 4.98 Å². The Morgan fingerprint density at radius 1 is 1.39 bits per heavy atom. The molecule has 0 amide bonds. The van der Waals surface area contributed by atoms with Gasteiger partial charge < -0.3 is 5.32 Å². The van der Waals surface area contributed by atoms with Crippen LogP contribution < -0.4 is 5.32 Å². The van der Waals surface area contributed by atoms with E-state index in [9.17, 15) is 0 Å². The fourth-order valence-electron chi connectivity index (χ4n) is 1.60. The molecule has 1 atom stereocenters. The van der Waals surface area contributed by atoms with Crippen molar-refractivity contribution < 1.29 is 0 Å². The van der Waals surface area contributed by atoms with E-state index in [2.05, 4.69) is 51.1 Å². The fourth-order valence-corrected chi connectivity index (χ4v) is 2.89. The first-order chi connectivity index (χ1) is 8.69. The summed E-state index contributed by atoms with van der Waals surface area (Å²) in [6, 6.07) is 2.35. The van der Waals surface area contributed by atoms with Gasteiger partial charge in [0.2, 0.25) is 0 Å². The molecule has 0 spiro atoms. The quantitative estimate of drug-likeness (QED) is 0.910. The predicted molar refractivity (Wildman–Crippen MR) is 78.7 cm³/mol. The summed E-state index contributed by atoms with van der Waals surface area (Å²) in [4.78, 5) is 9.94. The van der Waals surface area contributed by atoms with E-state index >= 15 is 0 Å². The highest BCUT2D eigenvalue weighted by molar-refractivity contribution is 9.10. The Balaban J connectivity index is 1.93. The molecule has 1 N–H and O–H groups in total. The van der Waals surface area contributed by atoms with Gasteiger partial charge in [0.1, 0.15) is 5.01 Å². The normalized spacial score (nSPS) is 12.6. The van der Waals surface area contributed by atoms with Gasteiger partial charge in [-0.1, -0.05) is 6.92 Å². The molecule has 2 heterocycles. The summed E-state index contributed by atoms with van der Waals surface area (Å²) >= 11 is 5.21. The Hall–Kier alpha value is -0.780. The number of halogens is 1. The SMILES string of the molecule is CCc1cnc(C(C)NCc2cncc(Br)c2)s1. The van der Waals surface area contributed by atoms with Crippen LogP contribution in [0.2, 0.25) is 0 Å². The molecule has 0 aliphatic heterocycles. The maximum absolute atomic E-state index is 4.45. The van der Waals surface area contributed by atoms with E-state index in [1.165, 1.54) is 10.4 Å². The lowest BCUT2D eigenvalue weighted by Crippen LogP contribution is -2.17. The highest BCUT2D eigenvalue weighted by Gasteiger charge is 2.09. The van der Waals surface area contributed by atoms with Crippen LogP contribution in [0.5, 0.6) is 0 Å². The van der Waals surface area contributed by atoms with Crippen molar-refractivity contribution in [3.8, 4) is 0 Å². The lowest BCUT2D eigenvalue weighted by Gasteiger charge is -2.10. The lowest BCUT2D eigenvalue weighted by atomic mass is 10.2. The van der Waals surface area contributed by atoms with Gasteiger partial charge >= 0.3 is 0 Å². The molecule has 18 heavy (non-hydrogen) atoms. The molecule has 1 unspecified atom stereocenters. The maximum Gasteiger partial charge on any atom is 0.109 e. The predicted octanol–water partition coefficient (Wildman–Crippen LogP) is 3.71. The molecule has 2 rings (SSSR count). The van der Waals surface area contributed by atoms with Gasteiger partial charge in [0.05, 0.1) is 6.04 Å². The molecule has 0 aliphatic carbocycles. The van der Waals surface area contributed by atoms with Crippen LogP contribution in [0, 0.1) is 0 Å². The van der Waals surface area contributed by atoms with E-state index in [1.807, 2.05) is 12.4 Å². The maximum atomic E-state index is 4.45. The van der Waals surface area contributed by atoms with Crippen LogP contribution in [0.15, 0.2) is 29.1 Å². The number of nitrogens with one attached hydrogen (secondary N) is 1. The Morgan fingerprint density at radius 3 is 2.89 bits per heavy atom. The number of hydrogen-bond donors (Lipinski definition) is 1. The van der Waals surface area contributed by atoms with Crippen molar-refractivity contribution in [2.75, 3.05) is 0 Å². The molecule has 0 fully saturated rings. The number of hydrogen-bond acceptors (Lipinski definition) is 4. The van der Waals surface area contributed by atoms with E-state index in [0.717, 1.165) is 22.4 Å². The summed E-state index contributed by atoms with van der Waals surface area (Å²) in [5.74, 6) is 0. The van der Waals surface area contributed by atoms with Crippen LogP contribution in [0.25, 0.3) is 0 Å². The fraction of sp³-hybridized carbons (Fsp3) is 0.385. The average Bonchev–Trinajstić information content (AvgIpc) is 2.85. The number of aryl methyl sites for hydroxylation is 1. The Morgan fingerprint density at radius 2 is 2.22 bits per heavy atom. The summed E-state index contributed by atoms with van der Waals surface area (Å²) in [5.41, 5.74) is 1.17. The van der Waals surface area contributed by atoms with Crippen LogP contribution in [0.3, 0.4) is 0 Å². The zero-order valence-corrected chi connectivity index (χ0v) is 12.9.